The molecule has 0 bridgehead atoms. The molecule has 8 aliphatic carbocycles. The maximum Gasteiger partial charge on any atom is 0.0756 e. The van der Waals surface area contributed by atoms with Gasteiger partial charge in [0.15, 0.2) is 0 Å². The molecule has 3 heteroatoms. The predicted octanol–water partition coefficient (Wildman–Crippen LogP) is 22.0. The van der Waals surface area contributed by atoms with Crippen LogP contribution >= 0.6 is 0 Å². The van der Waals surface area contributed by atoms with E-state index in [0.29, 0.717) is 18.1 Å². The molecule has 1 spiro atoms. The van der Waals surface area contributed by atoms with Crippen molar-refractivity contribution < 1.29 is 4.74 Å². The van der Waals surface area contributed by atoms with E-state index in [1.807, 2.05) is 138 Å². The van der Waals surface area contributed by atoms with E-state index in [4.69, 9.17) is 4.74 Å². The van der Waals surface area contributed by atoms with Crippen LogP contribution in [0, 0.1) is 101 Å². The van der Waals surface area contributed by atoms with E-state index in [2.05, 4.69) is 38.3 Å². The monoisotopic (exact) mass is 1030 g/mol. The summed E-state index contributed by atoms with van der Waals surface area (Å²) in [6.45, 7) is 52.9. The molecule has 0 aromatic rings. The molecule has 2 N–H and O–H groups in total. The molecule has 11 aliphatic rings. The fraction of sp³-hybridized carbons (Fsp3) is 1.00. The summed E-state index contributed by atoms with van der Waals surface area (Å²) in [5, 5.41) is 7.73. The van der Waals surface area contributed by atoms with Gasteiger partial charge in [0.1, 0.15) is 0 Å². The third-order valence-corrected chi connectivity index (χ3v) is 21.4. The Kier molecular flexibility index (Phi) is 40.9. The van der Waals surface area contributed by atoms with Crippen LogP contribution in [0.1, 0.15) is 314 Å². The molecule has 0 amide bonds. The van der Waals surface area contributed by atoms with Gasteiger partial charge >= 0.3 is 0 Å². The smallest absolute Gasteiger partial charge is 0.0756 e. The average molecular weight is 1030 g/mol. The number of nitrogens with one attached hydrogen (secondary N) is 2. The van der Waals surface area contributed by atoms with Gasteiger partial charge in [0.2, 0.25) is 0 Å². The van der Waals surface area contributed by atoms with E-state index in [0.717, 1.165) is 101 Å². The van der Waals surface area contributed by atoms with Gasteiger partial charge in [-0.05, 0) is 211 Å². The molecule has 21 atom stereocenters. The third-order valence-electron chi connectivity index (χ3n) is 21.4. The predicted molar refractivity (Wildman–Crippen MR) is 333 cm³/mol. The molecule has 3 aliphatic heterocycles. The van der Waals surface area contributed by atoms with Crippen LogP contribution in [-0.2, 0) is 4.74 Å². The van der Waals surface area contributed by atoms with Crippen molar-refractivity contribution in [2.75, 3.05) is 13.1 Å². The van der Waals surface area contributed by atoms with Gasteiger partial charge in [-0.25, -0.2) is 0 Å². The Labute approximate surface area is 464 Å². The van der Waals surface area contributed by atoms with Crippen LogP contribution in [0.4, 0.5) is 0 Å². The molecule has 8 saturated carbocycles. The highest BCUT2D eigenvalue weighted by Gasteiger charge is 2.63. The van der Waals surface area contributed by atoms with Crippen LogP contribution in [0.15, 0.2) is 0 Å². The first-order valence-electron chi connectivity index (χ1n) is 35.1. The standard InChI is InChI=1S/C25H41NO.C25H43N.10C2H6/c1-15-21-14-22-18-7-4-3-6-17(18)9-10-19(22)20(21)11-12-25(15)16(2)24-23(27-25)8-5-13-26-24;1-16-19(17(2)25-9-5-6-14-26-25)12-13-21-22-11-10-18-7-3-4-8-20(18)24(22)15-23(16)21;10*1-2/h15-24,26H,3-14H2,1-2H3;16-26H,3-15H2,1-2H3;10*1-2H3/t15-,16-,17?,18?,19?,20?,21?,22?,23-,24+,25+;16-,17-,18?,19?,20?,21?,22?,23?,24?,25+;;;;;;;;;;/m10........../s1. The van der Waals surface area contributed by atoms with E-state index in [1.54, 1.807) is 83.5 Å². The zero-order valence-corrected chi connectivity index (χ0v) is 55.1. The van der Waals surface area contributed by atoms with Crippen molar-refractivity contribution in [2.45, 2.75) is 338 Å². The lowest BCUT2D eigenvalue weighted by Crippen LogP contribution is -2.52. The number of rotatable bonds is 2. The van der Waals surface area contributed by atoms with E-state index < -0.39 is 0 Å². The van der Waals surface area contributed by atoms with Crippen molar-refractivity contribution in [3.63, 3.8) is 0 Å². The highest BCUT2D eigenvalue weighted by molar-refractivity contribution is 5.13. The molecule has 3 heterocycles. The lowest BCUT2D eigenvalue weighted by molar-refractivity contribution is -0.141. The number of piperidine rings is 2. The Bertz CT molecular complexity index is 1250. The molecule has 0 aromatic carbocycles. The lowest BCUT2D eigenvalue weighted by Gasteiger charge is -2.49. The summed E-state index contributed by atoms with van der Waals surface area (Å²) >= 11 is 0. The zero-order valence-electron chi connectivity index (χ0n) is 55.1. The molecule has 13 unspecified atom stereocenters. The Morgan fingerprint density at radius 1 is 0.370 bits per heavy atom. The van der Waals surface area contributed by atoms with Crippen molar-refractivity contribution in [1.82, 2.24) is 10.6 Å². The summed E-state index contributed by atoms with van der Waals surface area (Å²) in [4.78, 5) is 0. The normalized spacial score (nSPS) is 41.7. The lowest BCUT2D eigenvalue weighted by atomic mass is 9.59. The van der Waals surface area contributed by atoms with E-state index in [9.17, 15) is 0 Å². The van der Waals surface area contributed by atoms with Crippen molar-refractivity contribution in [3.8, 4) is 0 Å². The summed E-state index contributed by atoms with van der Waals surface area (Å²) < 4.78 is 7.02. The van der Waals surface area contributed by atoms with Crippen LogP contribution < -0.4 is 10.6 Å². The molecule has 3 saturated heterocycles. The van der Waals surface area contributed by atoms with Crippen LogP contribution in [0.2, 0.25) is 0 Å². The Morgan fingerprint density at radius 3 is 1.30 bits per heavy atom. The first kappa shape index (κ1) is 72.9. The quantitative estimate of drug-likeness (QED) is 0.289. The summed E-state index contributed by atoms with van der Waals surface area (Å²) in [6, 6.07) is 1.45. The Hall–Kier alpha value is -0.120. The van der Waals surface area contributed by atoms with Crippen molar-refractivity contribution in [3.05, 3.63) is 0 Å². The highest BCUT2D eigenvalue weighted by atomic mass is 16.5. The molecular weight excluding hydrogens is 885 g/mol. The van der Waals surface area contributed by atoms with Gasteiger partial charge < -0.3 is 15.4 Å². The third kappa shape index (κ3) is 17.2. The van der Waals surface area contributed by atoms with Crippen LogP contribution in [0.3, 0.4) is 0 Å². The van der Waals surface area contributed by atoms with Gasteiger partial charge in [-0.1, -0.05) is 211 Å². The number of ether oxygens (including phenoxy) is 1. The minimum atomic E-state index is 0.188. The van der Waals surface area contributed by atoms with Crippen LogP contribution in [0.25, 0.3) is 0 Å². The number of fused-ring (bicyclic) bond motifs is 11. The summed E-state index contributed by atoms with van der Waals surface area (Å²) in [5.41, 5.74) is 0.188. The summed E-state index contributed by atoms with van der Waals surface area (Å²) in [5.74, 6) is 17.4. The van der Waals surface area contributed by atoms with Gasteiger partial charge in [-0.15, -0.1) is 0 Å². The fourth-order valence-electron chi connectivity index (χ4n) is 18.9. The SMILES string of the molecule is CC.CC.CC.CC.CC.CC.CC.CC.CC.CC.C[C@@H]1C2CC3C4CCCCC4CCC3C2CCC1[C@H](C)[C@H]1CCCCN1.C[C@@H]1C2CC3C4CCCCC4CCC3C2CC[C@]12O[C@@H]1CCCN[C@H]1[C@H]2C. The molecule has 440 valence electrons. The maximum atomic E-state index is 7.02. The fourth-order valence-corrected chi connectivity index (χ4v) is 18.9. The average Bonchev–Trinajstić information content (AvgIpc) is 4.18. The van der Waals surface area contributed by atoms with Gasteiger partial charge in [-0.2, -0.15) is 0 Å². The second kappa shape index (κ2) is 41.0. The van der Waals surface area contributed by atoms with Crippen molar-refractivity contribution >= 4 is 0 Å². The van der Waals surface area contributed by atoms with E-state index in [1.165, 1.54) is 77.3 Å². The van der Waals surface area contributed by atoms with Crippen molar-refractivity contribution in [2.24, 2.45) is 101 Å². The van der Waals surface area contributed by atoms with Crippen LogP contribution in [0.5, 0.6) is 0 Å². The molecule has 3 nitrogen and oxygen atoms in total. The Balaban J connectivity index is 0.00000106. The first-order valence-corrected chi connectivity index (χ1v) is 35.1. The molecule has 11 fully saturated rings. The Morgan fingerprint density at radius 2 is 0.808 bits per heavy atom. The summed E-state index contributed by atoms with van der Waals surface area (Å²) in [7, 11) is 0. The zero-order chi connectivity index (χ0) is 55.8. The van der Waals surface area contributed by atoms with E-state index in [-0.39, 0.29) is 5.60 Å². The van der Waals surface area contributed by atoms with Crippen LogP contribution in [-0.4, -0.2) is 36.9 Å². The second-order valence-electron chi connectivity index (χ2n) is 22.7. The topological polar surface area (TPSA) is 33.3 Å². The highest BCUT2D eigenvalue weighted by Crippen LogP contribution is 2.65. The minimum Gasteiger partial charge on any atom is -0.370 e. The van der Waals surface area contributed by atoms with E-state index >= 15 is 0 Å². The summed E-state index contributed by atoms with van der Waals surface area (Å²) in [6.07, 6.45) is 35.2. The van der Waals surface area contributed by atoms with Gasteiger partial charge in [0.25, 0.3) is 0 Å². The van der Waals surface area contributed by atoms with Crippen molar-refractivity contribution in [1.29, 1.82) is 0 Å². The molecule has 11 rings (SSSR count). The molecular formula is C70H144N2O. The maximum absolute atomic E-state index is 7.02. The largest absolute Gasteiger partial charge is 0.370 e. The first-order chi connectivity index (χ1) is 35.9. The minimum absolute atomic E-state index is 0.188. The number of hydrogen-bond donors (Lipinski definition) is 2. The number of hydrogen-bond acceptors (Lipinski definition) is 3. The molecule has 0 aromatic heterocycles. The van der Waals surface area contributed by atoms with Gasteiger partial charge in [-0.3, -0.25) is 0 Å². The molecule has 0 radical (unpaired) electrons. The van der Waals surface area contributed by atoms with Gasteiger partial charge in [0.05, 0.1) is 11.7 Å². The van der Waals surface area contributed by atoms with Gasteiger partial charge in [0, 0.05) is 18.0 Å². The second-order valence-corrected chi connectivity index (χ2v) is 22.7. The molecule has 73 heavy (non-hydrogen) atoms.